The van der Waals surface area contributed by atoms with Crippen LogP contribution in [0.1, 0.15) is 44.6 Å². The smallest absolute Gasteiger partial charge is 0.338 e. The Kier molecular flexibility index (Phi) is 6.37. The molecule has 0 saturated carbocycles. The van der Waals surface area contributed by atoms with Crippen LogP contribution in [-0.2, 0) is 16.1 Å². The third kappa shape index (κ3) is 4.85. The standard InChI is InChI=1S/C25H23N3O4S/c1-15(24(30)23-12-10-20(33-23)14-26-17(3)29)32-25(31)18-9-11-22-21(13-18)27-16(2)28(22)19-7-5-4-6-8-19/h4-13,15H,14H2,1-3H3,(H,26,29). The van der Waals surface area contributed by atoms with Crippen molar-refractivity contribution in [3.8, 4) is 5.69 Å². The number of nitrogens with one attached hydrogen (secondary N) is 1. The highest BCUT2D eigenvalue weighted by Gasteiger charge is 2.22. The Balaban J connectivity index is 1.48. The van der Waals surface area contributed by atoms with Gasteiger partial charge in [-0.05, 0) is 56.3 Å². The molecule has 0 aliphatic heterocycles. The maximum absolute atomic E-state index is 12.7. The first-order valence-electron chi connectivity index (χ1n) is 10.5. The molecular formula is C25H23N3O4S. The number of thiophene rings is 1. The van der Waals surface area contributed by atoms with Crippen molar-refractivity contribution in [1.82, 2.24) is 14.9 Å². The van der Waals surface area contributed by atoms with Gasteiger partial charge in [-0.25, -0.2) is 9.78 Å². The van der Waals surface area contributed by atoms with Gasteiger partial charge < -0.3 is 10.1 Å². The van der Waals surface area contributed by atoms with E-state index in [1.807, 2.05) is 47.9 Å². The van der Waals surface area contributed by atoms with Gasteiger partial charge in [0.25, 0.3) is 0 Å². The number of esters is 1. The second kappa shape index (κ2) is 9.38. The Bertz CT molecular complexity index is 1340. The van der Waals surface area contributed by atoms with Crippen LogP contribution in [-0.4, -0.2) is 33.3 Å². The molecule has 0 aliphatic rings. The molecule has 0 radical (unpaired) electrons. The van der Waals surface area contributed by atoms with Crippen molar-refractivity contribution < 1.29 is 19.1 Å². The van der Waals surface area contributed by atoms with Gasteiger partial charge in [-0.2, -0.15) is 0 Å². The Morgan fingerprint density at radius 1 is 1.09 bits per heavy atom. The van der Waals surface area contributed by atoms with Gasteiger partial charge in [0.05, 0.1) is 28.0 Å². The molecule has 1 N–H and O–H groups in total. The molecule has 2 heterocycles. The molecule has 0 aliphatic carbocycles. The largest absolute Gasteiger partial charge is 0.451 e. The lowest BCUT2D eigenvalue weighted by atomic mass is 10.2. The molecule has 168 valence electrons. The summed E-state index contributed by atoms with van der Waals surface area (Å²) in [5.74, 6) is -0.204. The van der Waals surface area contributed by atoms with Gasteiger partial charge in [0, 0.05) is 17.5 Å². The number of nitrogens with zero attached hydrogens (tertiary/aromatic N) is 2. The molecule has 0 fully saturated rings. The predicted octanol–water partition coefficient (Wildman–Crippen LogP) is 4.46. The van der Waals surface area contributed by atoms with E-state index in [1.54, 1.807) is 31.2 Å². The number of amides is 1. The van der Waals surface area contributed by atoms with Gasteiger partial charge in [-0.3, -0.25) is 14.2 Å². The lowest BCUT2D eigenvalue weighted by Crippen LogP contribution is -2.23. The van der Waals surface area contributed by atoms with E-state index in [-0.39, 0.29) is 11.7 Å². The molecule has 33 heavy (non-hydrogen) atoms. The third-order valence-electron chi connectivity index (χ3n) is 5.14. The Morgan fingerprint density at radius 3 is 2.58 bits per heavy atom. The topological polar surface area (TPSA) is 90.3 Å². The van der Waals surface area contributed by atoms with E-state index in [0.717, 1.165) is 21.9 Å². The zero-order valence-corrected chi connectivity index (χ0v) is 19.3. The first-order valence-corrected chi connectivity index (χ1v) is 11.3. The Labute approximate surface area is 195 Å². The second-order valence-corrected chi connectivity index (χ2v) is 8.79. The predicted molar refractivity (Wildman–Crippen MR) is 127 cm³/mol. The molecule has 0 saturated heterocycles. The lowest BCUT2D eigenvalue weighted by Gasteiger charge is -2.11. The van der Waals surface area contributed by atoms with E-state index in [9.17, 15) is 14.4 Å². The van der Waals surface area contributed by atoms with Crippen LogP contribution in [0.15, 0.2) is 60.7 Å². The molecule has 8 heteroatoms. The van der Waals surface area contributed by atoms with Gasteiger partial charge in [-0.1, -0.05) is 18.2 Å². The summed E-state index contributed by atoms with van der Waals surface area (Å²) in [6.45, 7) is 5.26. The molecule has 2 aromatic heterocycles. The minimum Gasteiger partial charge on any atom is -0.451 e. The summed E-state index contributed by atoms with van der Waals surface area (Å²) in [7, 11) is 0. The van der Waals surface area contributed by atoms with Gasteiger partial charge in [-0.15, -0.1) is 11.3 Å². The molecule has 4 rings (SSSR count). The van der Waals surface area contributed by atoms with E-state index >= 15 is 0 Å². The number of benzene rings is 2. The van der Waals surface area contributed by atoms with Crippen molar-refractivity contribution in [2.75, 3.05) is 0 Å². The minimum atomic E-state index is -0.941. The zero-order chi connectivity index (χ0) is 23.5. The number of hydrogen-bond donors (Lipinski definition) is 1. The van der Waals surface area contributed by atoms with Crippen LogP contribution in [0.3, 0.4) is 0 Å². The molecule has 7 nitrogen and oxygen atoms in total. The number of ketones is 1. The summed E-state index contributed by atoms with van der Waals surface area (Å²) in [4.78, 5) is 42.4. The van der Waals surface area contributed by atoms with Gasteiger partial charge >= 0.3 is 5.97 Å². The van der Waals surface area contributed by atoms with Crippen molar-refractivity contribution in [3.63, 3.8) is 0 Å². The summed E-state index contributed by atoms with van der Waals surface area (Å²) in [6.07, 6.45) is -0.941. The maximum atomic E-state index is 12.7. The van der Waals surface area contributed by atoms with Crippen LogP contribution in [0.4, 0.5) is 0 Å². The molecule has 1 atom stereocenters. The number of rotatable bonds is 7. The molecule has 0 bridgehead atoms. The van der Waals surface area contributed by atoms with Crippen LogP contribution in [0.5, 0.6) is 0 Å². The van der Waals surface area contributed by atoms with Crippen LogP contribution in [0.25, 0.3) is 16.7 Å². The number of imidazole rings is 1. The van der Waals surface area contributed by atoms with Crippen molar-refractivity contribution >= 4 is 40.0 Å². The van der Waals surface area contributed by atoms with E-state index in [0.29, 0.717) is 22.5 Å². The minimum absolute atomic E-state index is 0.140. The van der Waals surface area contributed by atoms with Crippen LogP contribution >= 0.6 is 11.3 Å². The highest BCUT2D eigenvalue weighted by molar-refractivity contribution is 7.14. The highest BCUT2D eigenvalue weighted by atomic mass is 32.1. The van der Waals surface area contributed by atoms with Crippen molar-refractivity contribution in [1.29, 1.82) is 0 Å². The summed E-state index contributed by atoms with van der Waals surface area (Å²) >= 11 is 1.27. The van der Waals surface area contributed by atoms with Crippen LogP contribution in [0, 0.1) is 6.92 Å². The van der Waals surface area contributed by atoms with Crippen molar-refractivity contribution in [2.45, 2.75) is 33.4 Å². The SMILES string of the molecule is CC(=O)NCc1ccc(C(=O)C(C)OC(=O)c2ccc3c(c2)nc(C)n3-c2ccccc2)s1. The molecule has 2 aromatic carbocycles. The first kappa shape index (κ1) is 22.4. The summed E-state index contributed by atoms with van der Waals surface area (Å²) in [5.41, 5.74) is 2.87. The number of aryl methyl sites for hydroxylation is 1. The number of hydrogen-bond acceptors (Lipinski definition) is 6. The highest BCUT2D eigenvalue weighted by Crippen LogP contribution is 2.23. The van der Waals surface area contributed by atoms with Crippen molar-refractivity contribution in [3.05, 3.63) is 81.8 Å². The van der Waals surface area contributed by atoms with Gasteiger partial charge in [0.1, 0.15) is 5.82 Å². The second-order valence-electron chi connectivity index (χ2n) is 7.62. The maximum Gasteiger partial charge on any atom is 0.338 e. The molecular weight excluding hydrogens is 438 g/mol. The summed E-state index contributed by atoms with van der Waals surface area (Å²) in [5, 5.41) is 2.69. The van der Waals surface area contributed by atoms with Crippen molar-refractivity contribution in [2.24, 2.45) is 0 Å². The fraction of sp³-hybridized carbons (Fsp3) is 0.200. The number of Topliss-reactive ketones (excluding diaryl/α,β-unsaturated/α-hetero) is 1. The number of ether oxygens (including phenoxy) is 1. The van der Waals surface area contributed by atoms with Crippen LogP contribution in [0.2, 0.25) is 0 Å². The van der Waals surface area contributed by atoms with Gasteiger partial charge in [0.15, 0.2) is 6.10 Å². The first-order chi connectivity index (χ1) is 15.8. The number of fused-ring (bicyclic) bond motifs is 1. The molecule has 0 spiro atoms. The summed E-state index contributed by atoms with van der Waals surface area (Å²) in [6, 6.07) is 18.5. The average Bonchev–Trinajstić information content (AvgIpc) is 3.40. The third-order valence-corrected chi connectivity index (χ3v) is 6.24. The normalized spacial score (nSPS) is 11.8. The fourth-order valence-electron chi connectivity index (χ4n) is 3.53. The number of para-hydroxylation sites is 1. The Hall–Kier alpha value is -3.78. The molecule has 1 amide bonds. The average molecular weight is 462 g/mol. The fourth-order valence-corrected chi connectivity index (χ4v) is 4.50. The van der Waals surface area contributed by atoms with E-state index < -0.39 is 12.1 Å². The summed E-state index contributed by atoms with van der Waals surface area (Å²) < 4.78 is 7.46. The monoisotopic (exact) mass is 461 g/mol. The van der Waals surface area contributed by atoms with Crippen LogP contribution < -0.4 is 5.32 Å². The molecule has 4 aromatic rings. The van der Waals surface area contributed by atoms with E-state index in [1.165, 1.54) is 18.3 Å². The number of carbonyl (C=O) groups is 3. The lowest BCUT2D eigenvalue weighted by molar-refractivity contribution is -0.119. The molecule has 1 unspecified atom stereocenters. The van der Waals surface area contributed by atoms with E-state index in [4.69, 9.17) is 4.74 Å². The quantitative estimate of drug-likeness (QED) is 0.324. The zero-order valence-electron chi connectivity index (χ0n) is 18.5. The Morgan fingerprint density at radius 2 is 1.85 bits per heavy atom. The van der Waals surface area contributed by atoms with E-state index in [2.05, 4.69) is 10.3 Å². The number of aromatic nitrogens is 2. The number of carbonyl (C=O) groups excluding carboxylic acids is 3. The van der Waals surface area contributed by atoms with Gasteiger partial charge in [0.2, 0.25) is 11.7 Å².